The van der Waals surface area contributed by atoms with Crippen LogP contribution in [0.15, 0.2) is 28.7 Å². The summed E-state index contributed by atoms with van der Waals surface area (Å²) in [5.41, 5.74) is 1.09. The summed E-state index contributed by atoms with van der Waals surface area (Å²) in [7, 11) is -1.84. The van der Waals surface area contributed by atoms with Crippen LogP contribution in [0.3, 0.4) is 0 Å². The second kappa shape index (κ2) is 5.12. The van der Waals surface area contributed by atoms with Crippen LogP contribution in [0.25, 0.3) is 0 Å². The first-order valence-electron chi connectivity index (χ1n) is 6.16. The predicted molar refractivity (Wildman–Crippen MR) is 77.2 cm³/mol. The average Bonchev–Trinajstić information content (AvgIpc) is 2.94. The van der Waals surface area contributed by atoms with Gasteiger partial charge in [-0.25, -0.2) is 18.4 Å². The maximum atomic E-state index is 12.5. The van der Waals surface area contributed by atoms with Crippen LogP contribution in [0.2, 0.25) is 0 Å². The van der Waals surface area contributed by atoms with Gasteiger partial charge < -0.3 is 5.32 Å². The fourth-order valence-corrected chi connectivity index (χ4v) is 4.36. The molecule has 106 valence electrons. The first-order valence-corrected chi connectivity index (χ1v) is 8.48. The summed E-state index contributed by atoms with van der Waals surface area (Å²) in [6, 6.07) is 1.99. The van der Waals surface area contributed by atoms with Crippen molar-refractivity contribution in [3.63, 3.8) is 0 Å². The van der Waals surface area contributed by atoms with E-state index in [2.05, 4.69) is 15.3 Å². The molecule has 0 saturated carbocycles. The smallest absolute Gasteiger partial charge is 0.246 e. The van der Waals surface area contributed by atoms with Crippen LogP contribution in [-0.2, 0) is 23.0 Å². The third-order valence-electron chi connectivity index (χ3n) is 3.26. The van der Waals surface area contributed by atoms with Gasteiger partial charge in [-0.3, -0.25) is 0 Å². The summed E-state index contributed by atoms with van der Waals surface area (Å²) in [6.07, 6.45) is 3.45. The molecular formula is C12H14N4O2S2. The molecule has 1 N–H and O–H groups in total. The Bertz CT molecular complexity index is 709. The fourth-order valence-electron chi connectivity index (χ4n) is 2.16. The Morgan fingerprint density at radius 1 is 1.35 bits per heavy atom. The number of nitrogens with zero attached hydrogens (tertiary/aromatic N) is 3. The summed E-state index contributed by atoms with van der Waals surface area (Å²) in [4.78, 5) is 9.34. The third-order valence-corrected chi connectivity index (χ3v) is 6.08. The highest BCUT2D eigenvalue weighted by atomic mass is 32.2. The van der Waals surface area contributed by atoms with Gasteiger partial charge in [-0.1, -0.05) is 0 Å². The lowest BCUT2D eigenvalue weighted by Gasteiger charge is -2.25. The molecule has 1 aliphatic rings. The highest BCUT2D eigenvalue weighted by molar-refractivity contribution is 7.89. The first-order chi connectivity index (χ1) is 9.61. The molecule has 0 amide bonds. The van der Waals surface area contributed by atoms with E-state index in [4.69, 9.17) is 0 Å². The summed E-state index contributed by atoms with van der Waals surface area (Å²) >= 11 is 1.68. The highest BCUT2D eigenvalue weighted by Gasteiger charge is 2.29. The maximum Gasteiger partial charge on any atom is 0.246 e. The molecule has 0 aromatic carbocycles. The molecule has 0 unspecified atom stereocenters. The zero-order chi connectivity index (χ0) is 14.2. The maximum absolute atomic E-state index is 12.5. The molecular weight excluding hydrogens is 296 g/mol. The Balaban J connectivity index is 1.88. The number of rotatable bonds is 3. The predicted octanol–water partition coefficient (Wildman–Crippen LogP) is 1.33. The molecule has 0 spiro atoms. The van der Waals surface area contributed by atoms with Crippen LogP contribution < -0.4 is 5.32 Å². The molecule has 3 heterocycles. The molecule has 3 rings (SSSR count). The molecule has 8 heteroatoms. The van der Waals surface area contributed by atoms with Crippen LogP contribution in [0.4, 0.5) is 5.95 Å². The van der Waals surface area contributed by atoms with Gasteiger partial charge >= 0.3 is 0 Å². The van der Waals surface area contributed by atoms with Gasteiger partial charge in [0.25, 0.3) is 0 Å². The normalized spacial score (nSPS) is 15.8. The lowest BCUT2D eigenvalue weighted by atomic mass is 10.1. The van der Waals surface area contributed by atoms with Crippen molar-refractivity contribution in [3.05, 3.63) is 34.3 Å². The number of anilines is 1. The van der Waals surface area contributed by atoms with E-state index in [1.165, 1.54) is 21.6 Å². The molecule has 0 radical (unpaired) electrons. The highest BCUT2D eigenvalue weighted by Crippen LogP contribution is 2.27. The number of hydrogen-bond acceptors (Lipinski definition) is 6. The standard InChI is InChI=1S/C12H14N4O2S2/c1-13-12-14-6-10(7-15-12)20(17,18)16-4-2-11-9(8-16)3-5-19-11/h3,5-7H,2,4,8H2,1H3,(H,13,14,15). The number of hydrogen-bond donors (Lipinski definition) is 1. The minimum atomic E-state index is -3.52. The largest absolute Gasteiger partial charge is 0.357 e. The molecule has 0 atom stereocenters. The van der Waals surface area contributed by atoms with E-state index in [9.17, 15) is 8.42 Å². The summed E-state index contributed by atoms with van der Waals surface area (Å²) in [6.45, 7) is 0.929. The number of thiophene rings is 1. The molecule has 2 aromatic heterocycles. The fraction of sp³-hybridized carbons (Fsp3) is 0.333. The van der Waals surface area contributed by atoms with E-state index in [0.717, 1.165) is 12.0 Å². The first kappa shape index (κ1) is 13.5. The van der Waals surface area contributed by atoms with Gasteiger partial charge in [0.05, 0.1) is 12.4 Å². The van der Waals surface area contributed by atoms with E-state index < -0.39 is 10.0 Å². The van der Waals surface area contributed by atoms with E-state index >= 15 is 0 Å². The monoisotopic (exact) mass is 310 g/mol. The third kappa shape index (κ3) is 2.30. The van der Waals surface area contributed by atoms with Gasteiger partial charge in [-0.2, -0.15) is 4.31 Å². The number of fused-ring (bicyclic) bond motifs is 1. The lowest BCUT2D eigenvalue weighted by molar-refractivity contribution is 0.394. The number of nitrogens with one attached hydrogen (secondary N) is 1. The molecule has 0 saturated heterocycles. The van der Waals surface area contributed by atoms with Crippen LogP contribution in [0, 0.1) is 0 Å². The topological polar surface area (TPSA) is 75.2 Å². The molecule has 0 aliphatic carbocycles. The Morgan fingerprint density at radius 2 is 2.10 bits per heavy atom. The van der Waals surface area contributed by atoms with Gasteiger partial charge in [-0.05, 0) is 23.4 Å². The zero-order valence-electron chi connectivity index (χ0n) is 10.9. The SMILES string of the molecule is CNc1ncc(S(=O)(=O)N2CCc3sccc3C2)cn1. The minimum Gasteiger partial charge on any atom is -0.357 e. The average molecular weight is 310 g/mol. The van der Waals surface area contributed by atoms with Crippen molar-refractivity contribution < 1.29 is 8.42 Å². The van der Waals surface area contributed by atoms with Crippen molar-refractivity contribution in [2.75, 3.05) is 18.9 Å². The van der Waals surface area contributed by atoms with Crippen molar-refractivity contribution >= 4 is 27.3 Å². The second-order valence-electron chi connectivity index (χ2n) is 4.45. The van der Waals surface area contributed by atoms with E-state index in [-0.39, 0.29) is 4.90 Å². The van der Waals surface area contributed by atoms with Crippen LogP contribution in [0.5, 0.6) is 0 Å². The molecule has 6 nitrogen and oxygen atoms in total. The van der Waals surface area contributed by atoms with Crippen LogP contribution in [0.1, 0.15) is 10.4 Å². The van der Waals surface area contributed by atoms with Gasteiger partial charge in [0.15, 0.2) is 0 Å². The van der Waals surface area contributed by atoms with E-state index in [1.54, 1.807) is 18.4 Å². The summed E-state index contributed by atoms with van der Waals surface area (Å²) in [5.74, 6) is 0.405. The second-order valence-corrected chi connectivity index (χ2v) is 7.39. The number of sulfonamides is 1. The summed E-state index contributed by atoms with van der Waals surface area (Å²) in [5, 5.41) is 4.77. The Labute approximate surface area is 121 Å². The molecule has 1 aliphatic heterocycles. The van der Waals surface area contributed by atoms with Gasteiger partial charge in [0.2, 0.25) is 16.0 Å². The molecule has 0 fully saturated rings. The van der Waals surface area contributed by atoms with Crippen molar-refractivity contribution in [1.29, 1.82) is 0 Å². The van der Waals surface area contributed by atoms with Crippen LogP contribution in [-0.4, -0.2) is 36.3 Å². The lowest BCUT2D eigenvalue weighted by Crippen LogP contribution is -2.35. The molecule has 0 bridgehead atoms. The molecule has 2 aromatic rings. The Morgan fingerprint density at radius 3 is 2.80 bits per heavy atom. The van der Waals surface area contributed by atoms with Crippen molar-refractivity contribution in [2.45, 2.75) is 17.9 Å². The zero-order valence-corrected chi connectivity index (χ0v) is 12.5. The minimum absolute atomic E-state index is 0.134. The number of aromatic nitrogens is 2. The Kier molecular flexibility index (Phi) is 3.45. The van der Waals surface area contributed by atoms with E-state index in [0.29, 0.717) is 19.0 Å². The van der Waals surface area contributed by atoms with Gasteiger partial charge in [0.1, 0.15) is 4.90 Å². The van der Waals surface area contributed by atoms with Gasteiger partial charge in [0, 0.05) is 25.0 Å². The van der Waals surface area contributed by atoms with Crippen molar-refractivity contribution in [1.82, 2.24) is 14.3 Å². The van der Waals surface area contributed by atoms with Crippen molar-refractivity contribution in [2.24, 2.45) is 0 Å². The summed E-state index contributed by atoms with van der Waals surface area (Å²) < 4.78 is 26.6. The van der Waals surface area contributed by atoms with Gasteiger partial charge in [-0.15, -0.1) is 11.3 Å². The molecule has 20 heavy (non-hydrogen) atoms. The van der Waals surface area contributed by atoms with E-state index in [1.807, 2.05) is 11.4 Å². The van der Waals surface area contributed by atoms with Crippen molar-refractivity contribution in [3.8, 4) is 0 Å². The van der Waals surface area contributed by atoms with Crippen LogP contribution >= 0.6 is 11.3 Å². The Hall–Kier alpha value is -1.51. The quantitative estimate of drug-likeness (QED) is 0.925.